The molecule has 3 heterocycles. The van der Waals surface area contributed by atoms with Gasteiger partial charge in [0.2, 0.25) is 0 Å². The van der Waals surface area contributed by atoms with E-state index in [0.29, 0.717) is 13.0 Å². The number of fused-ring (bicyclic) bond motifs is 3. The van der Waals surface area contributed by atoms with E-state index in [1.54, 1.807) is 7.11 Å². The molecule has 0 aromatic heterocycles. The van der Waals surface area contributed by atoms with Gasteiger partial charge in [-0.1, -0.05) is 12.1 Å². The molecule has 0 bridgehead atoms. The summed E-state index contributed by atoms with van der Waals surface area (Å²) in [6, 6.07) is 7.75. The summed E-state index contributed by atoms with van der Waals surface area (Å²) in [7, 11) is 1.63. The zero-order valence-corrected chi connectivity index (χ0v) is 17.5. The highest BCUT2D eigenvalue weighted by Crippen LogP contribution is 2.44. The molecular weight excluding hydrogens is 378 g/mol. The lowest BCUT2D eigenvalue weighted by Crippen LogP contribution is -2.59. The van der Waals surface area contributed by atoms with Gasteiger partial charge in [0.1, 0.15) is 24.1 Å². The summed E-state index contributed by atoms with van der Waals surface area (Å²) in [5, 5.41) is 2.94. The van der Waals surface area contributed by atoms with Gasteiger partial charge in [-0.25, -0.2) is 0 Å². The van der Waals surface area contributed by atoms with Gasteiger partial charge >= 0.3 is 0 Å². The molecule has 3 aliphatic heterocycles. The normalized spacial score (nSPS) is 34.3. The van der Waals surface area contributed by atoms with Crippen LogP contribution in [-0.2, 0) is 34.9 Å². The fraction of sp³-hybridized carbons (Fsp3) is 0.667. The summed E-state index contributed by atoms with van der Waals surface area (Å²) in [5.74, 6) is -1.08. The number of rotatable bonds is 5. The predicted molar refractivity (Wildman–Crippen MR) is 102 cm³/mol. The SMILES string of the molecule is COc1ccc(CCNC(=O)[C@@H]2O[C@H]3OC(C)(C)O[C@@H]3[C@H]3OC(C)(C)O[C@@H]32)cc1. The van der Waals surface area contributed by atoms with Crippen molar-refractivity contribution in [3.05, 3.63) is 29.8 Å². The molecule has 5 atom stereocenters. The second kappa shape index (κ2) is 7.52. The lowest BCUT2D eigenvalue weighted by Gasteiger charge is -2.36. The molecule has 29 heavy (non-hydrogen) atoms. The first-order valence-electron chi connectivity index (χ1n) is 9.95. The van der Waals surface area contributed by atoms with E-state index in [1.165, 1.54) is 0 Å². The zero-order valence-electron chi connectivity index (χ0n) is 17.5. The van der Waals surface area contributed by atoms with E-state index in [9.17, 15) is 4.79 Å². The number of carbonyl (C=O) groups excluding carboxylic acids is 1. The Kier molecular flexibility index (Phi) is 5.33. The van der Waals surface area contributed by atoms with Crippen molar-refractivity contribution in [1.82, 2.24) is 5.32 Å². The van der Waals surface area contributed by atoms with Crippen molar-refractivity contribution >= 4 is 5.91 Å². The zero-order chi connectivity index (χ0) is 20.8. The molecule has 8 nitrogen and oxygen atoms in total. The number of methoxy groups -OCH3 is 1. The monoisotopic (exact) mass is 407 g/mol. The summed E-state index contributed by atoms with van der Waals surface area (Å²) in [6.07, 6.45) is -2.27. The van der Waals surface area contributed by atoms with Crippen LogP contribution in [0.5, 0.6) is 5.75 Å². The summed E-state index contributed by atoms with van der Waals surface area (Å²) in [5.41, 5.74) is 1.10. The Balaban J connectivity index is 1.40. The van der Waals surface area contributed by atoms with Crippen LogP contribution >= 0.6 is 0 Å². The molecular formula is C21H29NO7. The van der Waals surface area contributed by atoms with E-state index in [4.69, 9.17) is 28.4 Å². The number of carbonyl (C=O) groups is 1. The van der Waals surface area contributed by atoms with Crippen LogP contribution in [0.15, 0.2) is 24.3 Å². The van der Waals surface area contributed by atoms with Crippen LogP contribution < -0.4 is 10.1 Å². The number of amides is 1. The van der Waals surface area contributed by atoms with E-state index in [2.05, 4.69) is 5.32 Å². The van der Waals surface area contributed by atoms with Crippen molar-refractivity contribution in [1.29, 1.82) is 0 Å². The van der Waals surface area contributed by atoms with Gasteiger partial charge in [0, 0.05) is 6.54 Å². The van der Waals surface area contributed by atoms with Gasteiger partial charge in [0.05, 0.1) is 7.11 Å². The molecule has 3 fully saturated rings. The molecule has 3 saturated heterocycles. The van der Waals surface area contributed by atoms with E-state index < -0.39 is 42.3 Å². The summed E-state index contributed by atoms with van der Waals surface area (Å²) < 4.78 is 34.9. The van der Waals surface area contributed by atoms with Crippen LogP contribution in [0.2, 0.25) is 0 Å². The van der Waals surface area contributed by atoms with Gasteiger partial charge in [-0.3, -0.25) is 4.79 Å². The molecule has 0 unspecified atom stereocenters. The van der Waals surface area contributed by atoms with Crippen LogP contribution in [0.25, 0.3) is 0 Å². The molecule has 4 rings (SSSR count). The molecule has 0 radical (unpaired) electrons. The number of nitrogens with one attached hydrogen (secondary N) is 1. The van der Waals surface area contributed by atoms with E-state index in [-0.39, 0.29) is 5.91 Å². The third-order valence-corrected chi connectivity index (χ3v) is 5.29. The fourth-order valence-electron chi connectivity index (χ4n) is 4.05. The van der Waals surface area contributed by atoms with Gasteiger partial charge in [-0.05, 0) is 51.8 Å². The number of hydrogen-bond acceptors (Lipinski definition) is 7. The quantitative estimate of drug-likeness (QED) is 0.796. The van der Waals surface area contributed by atoms with Crippen molar-refractivity contribution in [2.75, 3.05) is 13.7 Å². The molecule has 1 aromatic rings. The number of hydrogen-bond donors (Lipinski definition) is 1. The molecule has 0 spiro atoms. The summed E-state index contributed by atoms with van der Waals surface area (Å²) in [4.78, 5) is 12.9. The highest BCUT2D eigenvalue weighted by atomic mass is 16.9. The first-order valence-corrected chi connectivity index (χ1v) is 9.95. The molecule has 3 aliphatic rings. The number of benzene rings is 1. The molecule has 1 N–H and O–H groups in total. The largest absolute Gasteiger partial charge is 0.497 e. The van der Waals surface area contributed by atoms with E-state index in [0.717, 1.165) is 11.3 Å². The Morgan fingerprint density at radius 3 is 2.28 bits per heavy atom. The highest BCUT2D eigenvalue weighted by Gasteiger charge is 2.62. The second-order valence-electron chi connectivity index (χ2n) is 8.48. The maximum atomic E-state index is 12.9. The molecule has 8 heteroatoms. The van der Waals surface area contributed by atoms with Gasteiger partial charge in [-0.15, -0.1) is 0 Å². The second-order valence-corrected chi connectivity index (χ2v) is 8.48. The molecule has 1 amide bonds. The van der Waals surface area contributed by atoms with Crippen molar-refractivity contribution in [2.45, 2.75) is 76.4 Å². The standard InChI is InChI=1S/C21H29NO7/c1-20(2)26-14-15(27-20)17-19(29-21(3,4)28-17)25-16(14)18(23)22-11-10-12-6-8-13(24-5)9-7-12/h6-9,14-17,19H,10-11H2,1-5H3,(H,22,23)/t14-,15-,16+,17+,19-/m0/s1. The first kappa shape index (κ1) is 20.6. The minimum atomic E-state index is -0.837. The minimum absolute atomic E-state index is 0.249. The smallest absolute Gasteiger partial charge is 0.252 e. The average Bonchev–Trinajstić information content (AvgIpc) is 3.15. The Morgan fingerprint density at radius 2 is 1.59 bits per heavy atom. The van der Waals surface area contributed by atoms with Crippen molar-refractivity contribution in [3.8, 4) is 5.75 Å². The van der Waals surface area contributed by atoms with Gasteiger partial charge < -0.3 is 33.7 Å². The Morgan fingerprint density at radius 1 is 0.966 bits per heavy atom. The van der Waals surface area contributed by atoms with E-state index >= 15 is 0 Å². The summed E-state index contributed by atoms with van der Waals surface area (Å²) in [6.45, 7) is 7.74. The van der Waals surface area contributed by atoms with Crippen LogP contribution in [0.4, 0.5) is 0 Å². The third-order valence-electron chi connectivity index (χ3n) is 5.29. The van der Waals surface area contributed by atoms with Crippen LogP contribution in [-0.4, -0.2) is 61.8 Å². The predicted octanol–water partition coefficient (Wildman–Crippen LogP) is 1.75. The Labute approximate surface area is 170 Å². The van der Waals surface area contributed by atoms with E-state index in [1.807, 2.05) is 52.0 Å². The van der Waals surface area contributed by atoms with Crippen molar-refractivity contribution in [2.24, 2.45) is 0 Å². The maximum Gasteiger partial charge on any atom is 0.252 e. The third kappa shape index (κ3) is 4.27. The summed E-state index contributed by atoms with van der Waals surface area (Å²) >= 11 is 0. The molecule has 0 saturated carbocycles. The van der Waals surface area contributed by atoms with Crippen LogP contribution in [0.3, 0.4) is 0 Å². The van der Waals surface area contributed by atoms with Crippen molar-refractivity contribution < 1.29 is 33.2 Å². The molecule has 160 valence electrons. The first-order chi connectivity index (χ1) is 13.7. The fourth-order valence-corrected chi connectivity index (χ4v) is 4.05. The molecule has 0 aliphatic carbocycles. The minimum Gasteiger partial charge on any atom is -0.497 e. The van der Waals surface area contributed by atoms with Gasteiger partial charge in [0.15, 0.2) is 24.0 Å². The highest BCUT2D eigenvalue weighted by molar-refractivity contribution is 5.81. The average molecular weight is 407 g/mol. The maximum absolute atomic E-state index is 12.9. The topological polar surface area (TPSA) is 84.5 Å². The lowest BCUT2D eigenvalue weighted by atomic mass is 9.98. The van der Waals surface area contributed by atoms with Crippen molar-refractivity contribution in [3.63, 3.8) is 0 Å². The lowest BCUT2D eigenvalue weighted by molar-refractivity contribution is -0.231. The molecule has 1 aromatic carbocycles. The van der Waals surface area contributed by atoms with Crippen LogP contribution in [0, 0.1) is 0 Å². The Bertz CT molecular complexity index is 748. The van der Waals surface area contributed by atoms with Gasteiger partial charge in [0.25, 0.3) is 5.91 Å². The van der Waals surface area contributed by atoms with Crippen LogP contribution in [0.1, 0.15) is 33.3 Å². The van der Waals surface area contributed by atoms with Gasteiger partial charge in [-0.2, -0.15) is 0 Å². The Hall–Kier alpha value is -1.71. The number of ether oxygens (including phenoxy) is 6.